The number of aromatic nitrogens is 2. The number of thioether (sulfide) groups is 1. The summed E-state index contributed by atoms with van der Waals surface area (Å²) in [6.07, 6.45) is 5.94. The summed E-state index contributed by atoms with van der Waals surface area (Å²) in [4.78, 5) is 19.9. The van der Waals surface area contributed by atoms with E-state index in [1.165, 1.54) is 12.6 Å². The third-order valence-corrected chi connectivity index (χ3v) is 4.62. The van der Waals surface area contributed by atoms with Gasteiger partial charge in [-0.05, 0) is 31.4 Å². The summed E-state index contributed by atoms with van der Waals surface area (Å²) < 4.78 is 0. The molecular weight excluding hydrogens is 236 g/mol. The molecule has 1 aromatic rings. The lowest BCUT2D eigenvalue weighted by atomic mass is 10.1. The summed E-state index contributed by atoms with van der Waals surface area (Å²) in [5, 5.41) is 9.48. The van der Waals surface area contributed by atoms with E-state index in [-0.39, 0.29) is 0 Å². The van der Waals surface area contributed by atoms with Crippen molar-refractivity contribution in [1.82, 2.24) is 9.97 Å². The Labute approximate surface area is 104 Å². The molecule has 0 bridgehead atoms. The zero-order valence-corrected chi connectivity index (χ0v) is 10.2. The molecule has 4 nitrogen and oxygen atoms in total. The van der Waals surface area contributed by atoms with Crippen molar-refractivity contribution in [2.45, 2.75) is 36.9 Å². The molecule has 1 aliphatic carbocycles. The fourth-order valence-corrected chi connectivity index (χ4v) is 3.39. The van der Waals surface area contributed by atoms with Gasteiger partial charge in [-0.3, -0.25) is 0 Å². The Hall–Kier alpha value is -1.10. The van der Waals surface area contributed by atoms with Crippen LogP contribution in [0.25, 0.3) is 0 Å². The third kappa shape index (κ3) is 2.16. The van der Waals surface area contributed by atoms with Gasteiger partial charge in [0.1, 0.15) is 5.82 Å². The predicted octanol–water partition coefficient (Wildman–Crippen LogP) is 2.62. The van der Waals surface area contributed by atoms with Crippen molar-refractivity contribution < 1.29 is 9.90 Å². The van der Waals surface area contributed by atoms with E-state index in [2.05, 4.69) is 9.97 Å². The summed E-state index contributed by atoms with van der Waals surface area (Å²) in [6, 6.07) is 0. The van der Waals surface area contributed by atoms with Gasteiger partial charge in [0.15, 0.2) is 0 Å². The topological polar surface area (TPSA) is 63.1 Å². The molecule has 0 radical (unpaired) electrons. The van der Waals surface area contributed by atoms with Crippen LogP contribution in [0.1, 0.15) is 58.7 Å². The van der Waals surface area contributed by atoms with E-state index < -0.39 is 5.97 Å². The van der Waals surface area contributed by atoms with Crippen molar-refractivity contribution in [2.24, 2.45) is 0 Å². The van der Waals surface area contributed by atoms with Crippen LogP contribution < -0.4 is 0 Å². The number of carbonyl (C=O) groups is 1. The van der Waals surface area contributed by atoms with E-state index in [1.54, 1.807) is 0 Å². The third-order valence-electron chi connectivity index (χ3n) is 3.25. The number of hydrogen-bond acceptors (Lipinski definition) is 4. The summed E-state index contributed by atoms with van der Waals surface area (Å²) in [5.41, 5.74) is 1.05. The molecule has 1 saturated heterocycles. The first kappa shape index (κ1) is 11.0. The molecule has 5 heteroatoms. The van der Waals surface area contributed by atoms with Gasteiger partial charge >= 0.3 is 5.97 Å². The molecule has 1 aliphatic heterocycles. The highest BCUT2D eigenvalue weighted by Crippen LogP contribution is 2.43. The van der Waals surface area contributed by atoms with Gasteiger partial charge in [0.05, 0.1) is 16.5 Å². The lowest BCUT2D eigenvalue weighted by Gasteiger charge is -2.10. The Kier molecular flexibility index (Phi) is 2.78. The van der Waals surface area contributed by atoms with Crippen LogP contribution in [0, 0.1) is 0 Å². The first-order chi connectivity index (χ1) is 8.25. The van der Waals surface area contributed by atoms with Gasteiger partial charge < -0.3 is 5.11 Å². The van der Waals surface area contributed by atoms with Crippen molar-refractivity contribution in [2.75, 3.05) is 5.75 Å². The van der Waals surface area contributed by atoms with Crippen LogP contribution in [0.5, 0.6) is 0 Å². The minimum absolute atomic E-state index is 0.291. The van der Waals surface area contributed by atoms with Crippen LogP contribution in [0.4, 0.5) is 0 Å². The van der Waals surface area contributed by atoms with Gasteiger partial charge in [-0.15, -0.1) is 0 Å². The zero-order chi connectivity index (χ0) is 11.8. The normalized spacial score (nSPS) is 23.9. The monoisotopic (exact) mass is 250 g/mol. The fourth-order valence-electron chi connectivity index (χ4n) is 2.18. The Bertz CT molecular complexity index is 454. The molecule has 0 spiro atoms. The van der Waals surface area contributed by atoms with Crippen LogP contribution in [0.2, 0.25) is 0 Å². The minimum Gasteiger partial charge on any atom is -0.478 e. The number of hydrogen-bond donors (Lipinski definition) is 1. The van der Waals surface area contributed by atoms with Gasteiger partial charge in [0, 0.05) is 12.1 Å². The maximum absolute atomic E-state index is 11.1. The van der Waals surface area contributed by atoms with Crippen LogP contribution in [0.3, 0.4) is 0 Å². The fraction of sp³-hybridized carbons (Fsp3) is 0.583. The van der Waals surface area contributed by atoms with Gasteiger partial charge in [-0.2, -0.15) is 11.8 Å². The van der Waals surface area contributed by atoms with E-state index in [1.807, 2.05) is 11.8 Å². The Balaban J connectivity index is 1.96. The molecule has 1 atom stereocenters. The molecular formula is C12H14N2O2S. The summed E-state index contributed by atoms with van der Waals surface area (Å²) in [6.45, 7) is 0. The summed E-state index contributed by atoms with van der Waals surface area (Å²) in [7, 11) is 0. The van der Waals surface area contributed by atoms with E-state index in [0.717, 1.165) is 36.5 Å². The molecule has 2 aliphatic rings. The van der Waals surface area contributed by atoms with Gasteiger partial charge in [-0.1, -0.05) is 0 Å². The standard InChI is InChI=1S/C12H14N2O2S/c15-12(16)8-6-13-11(9-2-1-5-17-9)14-10(8)7-3-4-7/h6-7,9H,1-5H2,(H,15,16). The van der Waals surface area contributed by atoms with Gasteiger partial charge in [0.2, 0.25) is 0 Å². The zero-order valence-electron chi connectivity index (χ0n) is 9.43. The quantitative estimate of drug-likeness (QED) is 0.893. The highest BCUT2D eigenvalue weighted by molar-refractivity contribution is 7.99. The van der Waals surface area contributed by atoms with E-state index in [9.17, 15) is 4.79 Å². The second-order valence-electron chi connectivity index (χ2n) is 4.61. The lowest BCUT2D eigenvalue weighted by molar-refractivity contribution is 0.0694. The SMILES string of the molecule is O=C(O)c1cnc(C2CCCS2)nc1C1CC1. The second-order valence-corrected chi connectivity index (χ2v) is 5.92. The van der Waals surface area contributed by atoms with Crippen molar-refractivity contribution in [1.29, 1.82) is 0 Å². The Morgan fingerprint density at radius 2 is 2.24 bits per heavy atom. The molecule has 1 aromatic heterocycles. The maximum Gasteiger partial charge on any atom is 0.339 e. The van der Waals surface area contributed by atoms with Crippen molar-refractivity contribution in [3.63, 3.8) is 0 Å². The van der Waals surface area contributed by atoms with Crippen LogP contribution in [-0.4, -0.2) is 26.8 Å². The van der Waals surface area contributed by atoms with E-state index >= 15 is 0 Å². The van der Waals surface area contributed by atoms with Gasteiger partial charge in [0.25, 0.3) is 0 Å². The molecule has 0 aromatic carbocycles. The first-order valence-electron chi connectivity index (χ1n) is 5.97. The summed E-state index contributed by atoms with van der Waals surface area (Å²) >= 11 is 1.88. The van der Waals surface area contributed by atoms with Crippen molar-refractivity contribution in [3.8, 4) is 0 Å². The van der Waals surface area contributed by atoms with Crippen LogP contribution in [0.15, 0.2) is 6.20 Å². The summed E-state index contributed by atoms with van der Waals surface area (Å²) in [5.74, 6) is 1.44. The highest BCUT2D eigenvalue weighted by atomic mass is 32.2. The maximum atomic E-state index is 11.1. The highest BCUT2D eigenvalue weighted by Gasteiger charge is 2.31. The Morgan fingerprint density at radius 3 is 2.82 bits per heavy atom. The van der Waals surface area contributed by atoms with Gasteiger partial charge in [-0.25, -0.2) is 14.8 Å². The number of carboxylic acid groups (broad SMARTS) is 1. The average molecular weight is 250 g/mol. The number of carboxylic acids is 1. The first-order valence-corrected chi connectivity index (χ1v) is 7.02. The molecule has 17 heavy (non-hydrogen) atoms. The van der Waals surface area contributed by atoms with E-state index in [0.29, 0.717) is 16.7 Å². The molecule has 1 unspecified atom stereocenters. The molecule has 90 valence electrons. The molecule has 3 rings (SSSR count). The molecule has 1 saturated carbocycles. The minimum atomic E-state index is -0.905. The van der Waals surface area contributed by atoms with Crippen LogP contribution in [-0.2, 0) is 0 Å². The Morgan fingerprint density at radius 1 is 1.41 bits per heavy atom. The van der Waals surface area contributed by atoms with E-state index in [4.69, 9.17) is 5.11 Å². The smallest absolute Gasteiger partial charge is 0.339 e. The van der Waals surface area contributed by atoms with Crippen LogP contribution >= 0.6 is 11.8 Å². The lowest BCUT2D eigenvalue weighted by Crippen LogP contribution is -2.09. The van der Waals surface area contributed by atoms with Crippen molar-refractivity contribution >= 4 is 17.7 Å². The molecule has 1 N–H and O–H groups in total. The van der Waals surface area contributed by atoms with Crippen molar-refractivity contribution in [3.05, 3.63) is 23.3 Å². The largest absolute Gasteiger partial charge is 0.478 e. The molecule has 2 fully saturated rings. The number of rotatable bonds is 3. The number of aromatic carboxylic acids is 1. The molecule has 0 amide bonds. The second kappa shape index (κ2) is 4.29. The number of nitrogens with zero attached hydrogens (tertiary/aromatic N) is 2. The predicted molar refractivity (Wildman–Crippen MR) is 65.4 cm³/mol. The molecule has 2 heterocycles. The average Bonchev–Trinajstić information content (AvgIpc) is 3.03.